The zero-order valence-corrected chi connectivity index (χ0v) is 17.1. The van der Waals surface area contributed by atoms with Crippen LogP contribution in [0, 0.1) is 0 Å². The van der Waals surface area contributed by atoms with Crippen LogP contribution in [-0.2, 0) is 19.1 Å². The summed E-state index contributed by atoms with van der Waals surface area (Å²) in [5.41, 5.74) is 2.45. The Labute approximate surface area is 176 Å². The molecule has 0 aliphatic carbocycles. The average Bonchev–Trinajstić information content (AvgIpc) is 2.77. The molecule has 2 aromatic carbocycles. The molecule has 0 aromatic heterocycles. The van der Waals surface area contributed by atoms with E-state index >= 15 is 0 Å². The minimum absolute atomic E-state index is 0.172. The number of esters is 2. The van der Waals surface area contributed by atoms with Gasteiger partial charge in [0.25, 0.3) is 0 Å². The molecule has 0 radical (unpaired) electrons. The topological polar surface area (TPSA) is 71.1 Å². The average molecular weight is 410 g/mol. The van der Waals surface area contributed by atoms with Gasteiger partial charge in [-0.05, 0) is 42.3 Å². The summed E-state index contributed by atoms with van der Waals surface area (Å²) in [6.07, 6.45) is 1.75. The fraction of sp³-hybridized carbons (Fsp3) is 0.250. The number of hydrogen-bond donors (Lipinski definition) is 0. The fourth-order valence-electron chi connectivity index (χ4n) is 2.38. The lowest BCUT2D eigenvalue weighted by molar-refractivity contribution is -0.140. The smallest absolute Gasteiger partial charge is 0.333 e. The van der Waals surface area contributed by atoms with Crippen LogP contribution >= 0.6 is 0 Å². The molecule has 6 nitrogen and oxygen atoms in total. The summed E-state index contributed by atoms with van der Waals surface area (Å²) >= 11 is 0. The van der Waals surface area contributed by atoms with E-state index in [0.29, 0.717) is 31.0 Å². The first-order chi connectivity index (χ1) is 14.5. The molecule has 0 aliphatic rings. The van der Waals surface area contributed by atoms with E-state index in [1.54, 1.807) is 6.92 Å². The predicted molar refractivity (Wildman–Crippen MR) is 114 cm³/mol. The Balaban J connectivity index is 1.75. The van der Waals surface area contributed by atoms with Crippen molar-refractivity contribution in [3.8, 4) is 22.6 Å². The van der Waals surface area contributed by atoms with E-state index in [1.165, 1.54) is 0 Å². The van der Waals surface area contributed by atoms with E-state index in [9.17, 15) is 9.59 Å². The molecule has 0 bridgehead atoms. The lowest BCUT2D eigenvalue weighted by atomic mass is 10.1. The van der Waals surface area contributed by atoms with Gasteiger partial charge in [-0.3, -0.25) is 0 Å². The number of carbonyl (C=O) groups excluding carboxylic acids is 2. The van der Waals surface area contributed by atoms with E-state index in [0.717, 1.165) is 23.0 Å². The second kappa shape index (κ2) is 12.1. The maximum Gasteiger partial charge on any atom is 0.333 e. The van der Waals surface area contributed by atoms with Gasteiger partial charge in [0.2, 0.25) is 0 Å². The van der Waals surface area contributed by atoms with Crippen LogP contribution < -0.4 is 9.47 Å². The molecule has 0 heterocycles. The number of carbonyl (C=O) groups is 2. The van der Waals surface area contributed by atoms with E-state index in [2.05, 4.69) is 13.2 Å². The van der Waals surface area contributed by atoms with Gasteiger partial charge in [-0.1, -0.05) is 37.4 Å². The number of ether oxygens (including phenoxy) is 4. The molecule has 0 fully saturated rings. The Morgan fingerprint density at radius 1 is 0.800 bits per heavy atom. The number of hydrogen-bond acceptors (Lipinski definition) is 6. The highest BCUT2D eigenvalue weighted by Gasteiger charge is 2.04. The van der Waals surface area contributed by atoms with Crippen LogP contribution in [-0.4, -0.2) is 38.4 Å². The Kier molecular flexibility index (Phi) is 9.18. The summed E-state index contributed by atoms with van der Waals surface area (Å²) < 4.78 is 21.1. The molecule has 30 heavy (non-hydrogen) atoms. The molecule has 0 unspecified atom stereocenters. The van der Waals surface area contributed by atoms with Crippen molar-refractivity contribution in [3.05, 3.63) is 73.3 Å². The minimum Gasteiger partial charge on any atom is -0.493 e. The molecule has 0 amide bonds. The van der Waals surface area contributed by atoms with Gasteiger partial charge in [0.05, 0.1) is 13.2 Å². The third kappa shape index (κ3) is 7.83. The summed E-state index contributed by atoms with van der Waals surface area (Å²) in [6.45, 7) is 9.67. The molecule has 2 aromatic rings. The predicted octanol–water partition coefficient (Wildman–Crippen LogP) is 4.35. The second-order valence-corrected chi connectivity index (χ2v) is 6.39. The van der Waals surface area contributed by atoms with Crippen LogP contribution in [0.1, 0.15) is 13.3 Å². The van der Waals surface area contributed by atoms with Crippen molar-refractivity contribution in [1.82, 2.24) is 0 Å². The SMILES string of the molecule is C=CC(=O)OCCCOc1ccc(-c2ccc(OCCOC(=O)C(=C)C)cc2)cc1. The largest absolute Gasteiger partial charge is 0.493 e. The van der Waals surface area contributed by atoms with Crippen LogP contribution in [0.4, 0.5) is 0 Å². The van der Waals surface area contributed by atoms with Crippen LogP contribution in [0.5, 0.6) is 11.5 Å². The van der Waals surface area contributed by atoms with Crippen molar-refractivity contribution in [2.24, 2.45) is 0 Å². The van der Waals surface area contributed by atoms with Gasteiger partial charge >= 0.3 is 11.9 Å². The zero-order valence-electron chi connectivity index (χ0n) is 17.1. The molecule has 0 spiro atoms. The summed E-state index contributed by atoms with van der Waals surface area (Å²) in [5.74, 6) is 0.597. The molecule has 0 atom stereocenters. The molecule has 0 saturated heterocycles. The van der Waals surface area contributed by atoms with E-state index in [4.69, 9.17) is 18.9 Å². The first-order valence-electron chi connectivity index (χ1n) is 9.57. The highest BCUT2D eigenvalue weighted by Crippen LogP contribution is 2.24. The molecule has 158 valence electrons. The van der Waals surface area contributed by atoms with Gasteiger partial charge < -0.3 is 18.9 Å². The van der Waals surface area contributed by atoms with Crippen molar-refractivity contribution >= 4 is 11.9 Å². The zero-order chi connectivity index (χ0) is 21.8. The van der Waals surface area contributed by atoms with Crippen molar-refractivity contribution in [3.63, 3.8) is 0 Å². The van der Waals surface area contributed by atoms with Crippen molar-refractivity contribution in [2.45, 2.75) is 13.3 Å². The van der Waals surface area contributed by atoms with Crippen LogP contribution in [0.25, 0.3) is 11.1 Å². The lowest BCUT2D eigenvalue weighted by Crippen LogP contribution is -2.12. The summed E-state index contributed by atoms with van der Waals surface area (Å²) in [7, 11) is 0. The Morgan fingerprint density at radius 2 is 1.33 bits per heavy atom. The lowest BCUT2D eigenvalue weighted by Gasteiger charge is -2.09. The third-order valence-corrected chi connectivity index (χ3v) is 3.94. The maximum absolute atomic E-state index is 11.3. The van der Waals surface area contributed by atoms with Crippen molar-refractivity contribution in [1.29, 1.82) is 0 Å². The molecular weight excluding hydrogens is 384 g/mol. The highest BCUT2D eigenvalue weighted by molar-refractivity contribution is 5.86. The van der Waals surface area contributed by atoms with E-state index in [1.807, 2.05) is 48.5 Å². The standard InChI is InChI=1S/C24H26O6/c1-4-23(25)29-15-5-14-27-21-10-6-19(7-11-21)20-8-12-22(13-9-20)28-16-17-30-24(26)18(2)3/h4,6-13H,1-2,5,14-17H2,3H3. The number of rotatable bonds is 12. The molecule has 0 saturated carbocycles. The van der Waals surface area contributed by atoms with Gasteiger partial charge in [-0.25, -0.2) is 9.59 Å². The summed E-state index contributed by atoms with van der Waals surface area (Å²) in [6, 6.07) is 15.4. The molecule has 2 rings (SSSR count). The van der Waals surface area contributed by atoms with Gasteiger partial charge in [0.1, 0.15) is 24.7 Å². The van der Waals surface area contributed by atoms with Crippen LogP contribution in [0.15, 0.2) is 73.3 Å². The third-order valence-electron chi connectivity index (χ3n) is 3.94. The number of benzene rings is 2. The highest BCUT2D eigenvalue weighted by atomic mass is 16.6. The van der Waals surface area contributed by atoms with Crippen LogP contribution in [0.2, 0.25) is 0 Å². The molecule has 0 aliphatic heterocycles. The van der Waals surface area contributed by atoms with Crippen molar-refractivity contribution < 1.29 is 28.5 Å². The van der Waals surface area contributed by atoms with Crippen molar-refractivity contribution in [2.75, 3.05) is 26.4 Å². The fourth-order valence-corrected chi connectivity index (χ4v) is 2.38. The van der Waals surface area contributed by atoms with E-state index in [-0.39, 0.29) is 13.2 Å². The first kappa shape index (κ1) is 22.7. The Bertz CT molecular complexity index is 852. The summed E-state index contributed by atoms with van der Waals surface area (Å²) in [4.78, 5) is 22.2. The Hall–Kier alpha value is -3.54. The molecule has 0 N–H and O–H groups in total. The van der Waals surface area contributed by atoms with Gasteiger partial charge in [-0.15, -0.1) is 0 Å². The van der Waals surface area contributed by atoms with Gasteiger partial charge in [0.15, 0.2) is 0 Å². The second-order valence-electron chi connectivity index (χ2n) is 6.39. The normalized spacial score (nSPS) is 10.0. The summed E-state index contributed by atoms with van der Waals surface area (Å²) in [5, 5.41) is 0. The maximum atomic E-state index is 11.3. The minimum atomic E-state index is -0.429. The quantitative estimate of drug-likeness (QED) is 0.294. The monoisotopic (exact) mass is 410 g/mol. The van der Waals surface area contributed by atoms with Crippen LogP contribution in [0.3, 0.4) is 0 Å². The van der Waals surface area contributed by atoms with Gasteiger partial charge in [-0.2, -0.15) is 0 Å². The first-order valence-corrected chi connectivity index (χ1v) is 9.57. The van der Waals surface area contributed by atoms with Gasteiger partial charge in [0, 0.05) is 18.1 Å². The Morgan fingerprint density at radius 3 is 1.83 bits per heavy atom. The molecule has 6 heteroatoms. The van der Waals surface area contributed by atoms with E-state index < -0.39 is 11.9 Å². The molecular formula is C24H26O6.